The summed E-state index contributed by atoms with van der Waals surface area (Å²) in [7, 11) is 5.04. The number of benzene rings is 1. The quantitative estimate of drug-likeness (QED) is 0.688. The first-order chi connectivity index (χ1) is 9.25. The van der Waals surface area contributed by atoms with Crippen LogP contribution in [-0.2, 0) is 32.7 Å². The predicted molar refractivity (Wildman–Crippen MR) is 74.2 cm³/mol. The van der Waals surface area contributed by atoms with Gasteiger partial charge in [0.05, 0.1) is 0 Å². The average Bonchev–Trinajstić information content (AvgIpc) is 3.04. The van der Waals surface area contributed by atoms with Crippen LogP contribution in [0.3, 0.4) is 0 Å². The van der Waals surface area contributed by atoms with Crippen LogP contribution in [0.15, 0.2) is 22.6 Å². The van der Waals surface area contributed by atoms with Crippen molar-refractivity contribution in [3.05, 3.63) is 30.2 Å². The van der Waals surface area contributed by atoms with E-state index in [0.717, 1.165) is 23.1 Å². The Kier molecular flexibility index (Phi) is 6.90. The Morgan fingerprint density at radius 2 is 2.30 bits per heavy atom. The zero-order valence-corrected chi connectivity index (χ0v) is 14.6. The SMILES string of the molecule is CC.[B]C(=O)NC[C@@H]1C[C@H]1c1cccc2n[c-]oc12.[Y]. The zero-order valence-electron chi connectivity index (χ0n) is 11.7. The summed E-state index contributed by atoms with van der Waals surface area (Å²) in [5.41, 5.74) is 2.78. The van der Waals surface area contributed by atoms with Crippen molar-refractivity contribution in [2.75, 3.05) is 6.54 Å². The number of oxazole rings is 1. The van der Waals surface area contributed by atoms with Gasteiger partial charge in [0, 0.05) is 39.3 Å². The van der Waals surface area contributed by atoms with Crippen LogP contribution in [0, 0.1) is 12.3 Å². The number of hydrogen-bond acceptors (Lipinski definition) is 3. The van der Waals surface area contributed by atoms with Gasteiger partial charge >= 0.3 is 0 Å². The molecule has 1 aromatic heterocycles. The summed E-state index contributed by atoms with van der Waals surface area (Å²) in [5.74, 6) is 0.395. The Hall–Kier alpha value is -0.671. The van der Waals surface area contributed by atoms with E-state index < -0.39 is 5.81 Å². The van der Waals surface area contributed by atoms with Crippen LogP contribution in [0.25, 0.3) is 11.1 Å². The molecule has 6 heteroatoms. The van der Waals surface area contributed by atoms with Crippen LogP contribution >= 0.6 is 0 Å². The molecule has 101 valence electrons. The van der Waals surface area contributed by atoms with Gasteiger partial charge in [-0.25, -0.2) is 0 Å². The number of nitrogens with zero attached hydrogens (tertiary/aromatic N) is 1. The molecule has 20 heavy (non-hydrogen) atoms. The number of amides is 1. The van der Waals surface area contributed by atoms with Crippen molar-refractivity contribution in [1.82, 2.24) is 10.3 Å². The summed E-state index contributed by atoms with van der Waals surface area (Å²) >= 11 is 0. The summed E-state index contributed by atoms with van der Waals surface area (Å²) in [6.07, 6.45) is 3.55. The average molecular weight is 344 g/mol. The minimum Gasteiger partial charge on any atom is -0.573 e. The molecule has 1 saturated carbocycles. The third-order valence-corrected chi connectivity index (χ3v) is 3.20. The number of hydrogen-bond donors (Lipinski definition) is 1. The molecule has 1 aliphatic rings. The van der Waals surface area contributed by atoms with Gasteiger partial charge in [0.1, 0.15) is 6.39 Å². The molecule has 1 aliphatic carbocycles. The van der Waals surface area contributed by atoms with Crippen LogP contribution in [0.2, 0.25) is 0 Å². The minimum atomic E-state index is -0.471. The van der Waals surface area contributed by atoms with E-state index in [0.29, 0.717) is 18.4 Å². The molecule has 0 bridgehead atoms. The Bertz CT molecular complexity index is 573. The second-order valence-corrected chi connectivity index (χ2v) is 4.35. The van der Waals surface area contributed by atoms with Crippen molar-refractivity contribution in [2.45, 2.75) is 26.2 Å². The van der Waals surface area contributed by atoms with E-state index in [2.05, 4.69) is 16.7 Å². The Morgan fingerprint density at radius 1 is 1.55 bits per heavy atom. The third-order valence-electron chi connectivity index (χ3n) is 3.20. The maximum absolute atomic E-state index is 10.6. The van der Waals surface area contributed by atoms with Crippen molar-refractivity contribution in [2.24, 2.45) is 5.92 Å². The van der Waals surface area contributed by atoms with Crippen LogP contribution in [0.4, 0.5) is 4.79 Å². The Labute approximate surface area is 145 Å². The molecular weight excluding hydrogens is 328 g/mol. The largest absolute Gasteiger partial charge is 0.573 e. The summed E-state index contributed by atoms with van der Waals surface area (Å²) < 4.78 is 5.28. The number of aromatic nitrogens is 1. The van der Waals surface area contributed by atoms with Gasteiger partial charge in [-0.15, -0.1) is 6.07 Å². The number of para-hydroxylation sites is 1. The van der Waals surface area contributed by atoms with Crippen LogP contribution in [0.5, 0.6) is 0 Å². The van der Waals surface area contributed by atoms with Crippen molar-refractivity contribution in [1.29, 1.82) is 0 Å². The molecule has 0 aliphatic heterocycles. The van der Waals surface area contributed by atoms with E-state index in [9.17, 15) is 4.79 Å². The third kappa shape index (κ3) is 3.92. The maximum Gasteiger partial charge on any atom is 0.200 e. The van der Waals surface area contributed by atoms with Crippen LogP contribution < -0.4 is 5.32 Å². The topological polar surface area (TPSA) is 55.1 Å². The minimum absolute atomic E-state index is 0. The zero-order chi connectivity index (χ0) is 13.8. The molecule has 2 atom stereocenters. The fourth-order valence-electron chi connectivity index (χ4n) is 2.24. The first-order valence-electron chi connectivity index (χ1n) is 6.54. The van der Waals surface area contributed by atoms with E-state index in [4.69, 9.17) is 12.3 Å². The Balaban J connectivity index is 0.000000639. The van der Waals surface area contributed by atoms with Crippen molar-refractivity contribution in [3.63, 3.8) is 0 Å². The van der Waals surface area contributed by atoms with Gasteiger partial charge in [-0.2, -0.15) is 0 Å². The number of fused-ring (bicyclic) bond motifs is 1. The number of carbonyl (C=O) groups is 1. The van der Waals surface area contributed by atoms with Gasteiger partial charge in [-0.05, 0) is 29.4 Å². The van der Waals surface area contributed by atoms with Gasteiger partial charge in [-0.1, -0.05) is 31.5 Å². The van der Waals surface area contributed by atoms with E-state index in [1.54, 1.807) is 0 Å². The molecule has 1 aromatic carbocycles. The smallest absolute Gasteiger partial charge is 0.200 e. The van der Waals surface area contributed by atoms with Gasteiger partial charge in [-0.3, -0.25) is 4.79 Å². The first-order valence-corrected chi connectivity index (χ1v) is 6.54. The molecule has 1 amide bonds. The summed E-state index contributed by atoms with van der Waals surface area (Å²) in [6.45, 7) is 4.62. The van der Waals surface area contributed by atoms with Gasteiger partial charge in [0.15, 0.2) is 13.7 Å². The van der Waals surface area contributed by atoms with Crippen LogP contribution in [-0.4, -0.2) is 25.2 Å². The maximum atomic E-state index is 10.6. The summed E-state index contributed by atoms with van der Waals surface area (Å²) in [4.78, 5) is 14.6. The van der Waals surface area contributed by atoms with Gasteiger partial charge in [0.2, 0.25) is 0 Å². The predicted octanol–water partition coefficient (Wildman–Crippen LogP) is 2.63. The van der Waals surface area contributed by atoms with Crippen molar-refractivity contribution in [3.8, 4) is 0 Å². The van der Waals surface area contributed by atoms with Crippen molar-refractivity contribution >= 4 is 24.8 Å². The van der Waals surface area contributed by atoms with Gasteiger partial charge in [0.25, 0.3) is 0 Å². The molecule has 0 saturated heterocycles. The molecule has 1 N–H and O–H groups in total. The monoisotopic (exact) mass is 344 g/mol. The standard InChI is InChI=1S/C12H10BN2O2.C2H6.Y/c13-12(16)14-5-7-4-9(7)8-2-1-3-10-11(8)17-6-15-10;1-2;/h1-3,7,9H,4-5H2,(H,14,16);1-2H3;/q-1;;/t7-,9+;;/m0../s1. The van der Waals surface area contributed by atoms with E-state index in [-0.39, 0.29) is 32.7 Å². The second kappa shape index (κ2) is 7.94. The van der Waals surface area contributed by atoms with E-state index >= 15 is 0 Å². The molecule has 1 fully saturated rings. The fourth-order valence-corrected chi connectivity index (χ4v) is 2.24. The van der Waals surface area contributed by atoms with E-state index in [1.165, 1.54) is 0 Å². The van der Waals surface area contributed by atoms with Gasteiger partial charge < -0.3 is 14.7 Å². The Morgan fingerprint density at radius 3 is 3.00 bits per heavy atom. The molecule has 2 aromatic rings. The van der Waals surface area contributed by atoms with Crippen molar-refractivity contribution < 1.29 is 41.9 Å². The summed E-state index contributed by atoms with van der Waals surface area (Å²) in [6, 6.07) is 5.90. The molecule has 3 rings (SSSR count). The van der Waals surface area contributed by atoms with Crippen LogP contribution in [0.1, 0.15) is 31.7 Å². The van der Waals surface area contributed by atoms with E-state index in [1.807, 2.05) is 32.0 Å². The second-order valence-electron chi connectivity index (χ2n) is 4.35. The number of nitrogens with one attached hydrogen (secondary N) is 1. The summed E-state index contributed by atoms with van der Waals surface area (Å²) in [5, 5.41) is 2.63. The molecular formula is C14H16BN2O2Y-. The normalized spacial score (nSPS) is 19.5. The number of rotatable bonds is 3. The number of carbonyl (C=O) groups excluding carboxylic acids is 1. The fraction of sp³-hybridized carbons (Fsp3) is 0.429. The first kappa shape index (κ1) is 17.4. The molecule has 0 spiro atoms. The molecule has 0 unspecified atom stereocenters. The molecule has 4 nitrogen and oxygen atoms in total. The molecule has 1 heterocycles. The molecule has 3 radical (unpaired) electrons.